The molecule has 1 heterocycles. The van der Waals surface area contributed by atoms with E-state index in [-0.39, 0.29) is 18.0 Å². The summed E-state index contributed by atoms with van der Waals surface area (Å²) in [7, 11) is 1.76. The average molecular weight is 244 g/mol. The summed E-state index contributed by atoms with van der Waals surface area (Å²) in [6.45, 7) is 3.63. The van der Waals surface area contributed by atoms with Crippen molar-refractivity contribution in [1.82, 2.24) is 4.37 Å². The third-order valence-corrected chi connectivity index (χ3v) is 3.49. The van der Waals surface area contributed by atoms with E-state index in [1.165, 1.54) is 0 Å². The summed E-state index contributed by atoms with van der Waals surface area (Å²) in [5.41, 5.74) is 10.5. The van der Waals surface area contributed by atoms with Gasteiger partial charge in [0.2, 0.25) is 0 Å². The molecule has 5 N–H and O–H groups in total. The highest BCUT2D eigenvalue weighted by atomic mass is 32.1. The van der Waals surface area contributed by atoms with Crippen molar-refractivity contribution >= 4 is 28.3 Å². The molecule has 0 bridgehead atoms. The van der Waals surface area contributed by atoms with Crippen LogP contribution in [0.4, 0.5) is 10.8 Å². The Morgan fingerprint density at radius 1 is 1.62 bits per heavy atom. The monoisotopic (exact) mass is 244 g/mol. The number of rotatable bonds is 4. The number of hydrogen-bond donors (Lipinski definition) is 3. The molecule has 1 aromatic rings. The summed E-state index contributed by atoms with van der Waals surface area (Å²) in [4.78, 5) is 13.0. The molecule has 0 aliphatic carbocycles. The van der Waals surface area contributed by atoms with Gasteiger partial charge in [0.05, 0.1) is 12.1 Å². The first kappa shape index (κ1) is 12.7. The van der Waals surface area contributed by atoms with E-state index in [1.54, 1.807) is 11.9 Å². The number of nitrogen functional groups attached to an aromatic ring is 1. The molecule has 0 atom stereocenters. The van der Waals surface area contributed by atoms with Gasteiger partial charge in [-0.3, -0.25) is 4.79 Å². The highest BCUT2D eigenvalue weighted by molar-refractivity contribution is 7.11. The number of carbonyl (C=O) groups excluding carboxylic acids is 1. The van der Waals surface area contributed by atoms with Gasteiger partial charge in [-0.15, -0.1) is 0 Å². The lowest BCUT2D eigenvalue weighted by Crippen LogP contribution is -2.44. The molecule has 1 amide bonds. The van der Waals surface area contributed by atoms with E-state index in [2.05, 4.69) is 4.37 Å². The fraction of sp³-hybridized carbons (Fsp3) is 0.556. The van der Waals surface area contributed by atoms with Crippen LogP contribution in [0.2, 0.25) is 0 Å². The van der Waals surface area contributed by atoms with Crippen molar-refractivity contribution in [1.29, 1.82) is 0 Å². The Bertz CT molecular complexity index is 402. The molecule has 1 rings (SSSR count). The van der Waals surface area contributed by atoms with Crippen molar-refractivity contribution in [3.05, 3.63) is 5.56 Å². The van der Waals surface area contributed by atoms with E-state index in [0.717, 1.165) is 11.5 Å². The zero-order chi connectivity index (χ0) is 12.5. The Balaban J connectivity index is 3.19. The number of anilines is 2. The van der Waals surface area contributed by atoms with E-state index in [9.17, 15) is 9.90 Å². The number of nitrogens with two attached hydrogens (primary N) is 2. The van der Waals surface area contributed by atoms with Gasteiger partial charge in [-0.2, -0.15) is 4.37 Å². The number of amides is 1. The molecule has 0 aromatic carbocycles. The van der Waals surface area contributed by atoms with Crippen LogP contribution in [0.3, 0.4) is 0 Å². The van der Waals surface area contributed by atoms with Crippen LogP contribution in [-0.2, 0) is 0 Å². The third kappa shape index (κ3) is 2.10. The Hall–Kier alpha value is -1.34. The van der Waals surface area contributed by atoms with Gasteiger partial charge in [0.15, 0.2) is 5.82 Å². The molecule has 0 radical (unpaired) electrons. The van der Waals surface area contributed by atoms with Gasteiger partial charge in [0.1, 0.15) is 10.6 Å². The van der Waals surface area contributed by atoms with Crippen molar-refractivity contribution < 1.29 is 9.90 Å². The normalized spacial score (nSPS) is 11.5. The minimum absolute atomic E-state index is 0.0560. The highest BCUT2D eigenvalue weighted by Gasteiger charge is 2.29. The smallest absolute Gasteiger partial charge is 0.255 e. The molecular formula is C9H16N4O2S. The van der Waals surface area contributed by atoms with Crippen LogP contribution >= 0.6 is 11.5 Å². The first-order valence-electron chi connectivity index (χ1n) is 4.71. The number of aliphatic hydroxyl groups excluding tert-OH is 1. The van der Waals surface area contributed by atoms with Crippen LogP contribution in [0.15, 0.2) is 0 Å². The standard InChI is InChI=1S/C9H16N4O2S/c1-9(2,4-14)13(3)8-5(7(11)15)6(10)12-16-8/h14H,4H2,1-3H3,(H2,10,12)(H2,11,15). The van der Waals surface area contributed by atoms with E-state index < -0.39 is 11.4 Å². The van der Waals surface area contributed by atoms with Crippen LogP contribution in [0.5, 0.6) is 0 Å². The molecule has 16 heavy (non-hydrogen) atoms. The fourth-order valence-corrected chi connectivity index (χ4v) is 2.08. The molecule has 0 saturated carbocycles. The second-order valence-electron chi connectivity index (χ2n) is 4.14. The first-order valence-corrected chi connectivity index (χ1v) is 5.48. The lowest BCUT2D eigenvalue weighted by molar-refractivity contribution is 0.100. The largest absolute Gasteiger partial charge is 0.394 e. The molecule has 0 saturated heterocycles. The quantitative estimate of drug-likeness (QED) is 0.693. The van der Waals surface area contributed by atoms with Crippen LogP contribution in [-0.4, -0.2) is 34.6 Å². The lowest BCUT2D eigenvalue weighted by Gasteiger charge is -2.34. The van der Waals surface area contributed by atoms with Crippen molar-refractivity contribution in [3.63, 3.8) is 0 Å². The summed E-state index contributed by atoms with van der Waals surface area (Å²) >= 11 is 1.09. The van der Waals surface area contributed by atoms with Gasteiger partial charge in [-0.1, -0.05) is 0 Å². The molecule has 7 heteroatoms. The zero-order valence-corrected chi connectivity index (χ0v) is 10.3. The van der Waals surface area contributed by atoms with Gasteiger partial charge < -0.3 is 21.5 Å². The van der Waals surface area contributed by atoms with Crippen molar-refractivity contribution in [3.8, 4) is 0 Å². The summed E-state index contributed by atoms with van der Waals surface area (Å²) in [5.74, 6) is -0.477. The fourth-order valence-electron chi connectivity index (χ4n) is 1.13. The Labute approximate surface area is 98.0 Å². The summed E-state index contributed by atoms with van der Waals surface area (Å²) in [6, 6.07) is 0. The van der Waals surface area contributed by atoms with Gasteiger partial charge in [0.25, 0.3) is 5.91 Å². The average Bonchev–Trinajstić information content (AvgIpc) is 2.58. The van der Waals surface area contributed by atoms with E-state index >= 15 is 0 Å². The zero-order valence-electron chi connectivity index (χ0n) is 9.52. The van der Waals surface area contributed by atoms with Gasteiger partial charge >= 0.3 is 0 Å². The lowest BCUT2D eigenvalue weighted by atomic mass is 10.1. The second-order valence-corrected chi connectivity index (χ2v) is 4.89. The number of likely N-dealkylation sites (N-methyl/N-ethyl adjacent to an activating group) is 1. The number of hydrogen-bond acceptors (Lipinski definition) is 6. The van der Waals surface area contributed by atoms with Gasteiger partial charge in [0, 0.05) is 7.05 Å². The number of nitrogens with zero attached hydrogens (tertiary/aromatic N) is 2. The predicted molar refractivity (Wildman–Crippen MR) is 64.6 cm³/mol. The van der Waals surface area contributed by atoms with Crippen molar-refractivity contribution in [2.24, 2.45) is 5.73 Å². The molecule has 0 unspecified atom stereocenters. The molecule has 90 valence electrons. The van der Waals surface area contributed by atoms with Crippen molar-refractivity contribution in [2.45, 2.75) is 19.4 Å². The summed E-state index contributed by atoms with van der Waals surface area (Å²) < 4.78 is 3.90. The maximum atomic E-state index is 11.2. The Kier molecular flexibility index (Phi) is 3.39. The van der Waals surface area contributed by atoms with Crippen LogP contribution in [0.25, 0.3) is 0 Å². The number of aromatic nitrogens is 1. The highest BCUT2D eigenvalue weighted by Crippen LogP contribution is 2.33. The molecule has 6 nitrogen and oxygen atoms in total. The van der Waals surface area contributed by atoms with Gasteiger partial charge in [-0.05, 0) is 25.4 Å². The van der Waals surface area contributed by atoms with Crippen LogP contribution in [0.1, 0.15) is 24.2 Å². The maximum absolute atomic E-state index is 11.2. The molecule has 0 aliphatic heterocycles. The molecule has 0 spiro atoms. The minimum atomic E-state index is -0.609. The number of aliphatic hydroxyl groups is 1. The number of primary amides is 1. The summed E-state index contributed by atoms with van der Waals surface area (Å²) in [6.07, 6.45) is 0. The number of carbonyl (C=O) groups is 1. The molecule has 0 fully saturated rings. The SMILES string of the molecule is CN(c1snc(N)c1C(N)=O)C(C)(C)CO. The molecule has 0 aliphatic rings. The summed E-state index contributed by atoms with van der Waals surface area (Å²) in [5, 5.41) is 9.83. The maximum Gasteiger partial charge on any atom is 0.255 e. The second kappa shape index (κ2) is 4.26. The van der Waals surface area contributed by atoms with E-state index in [1.807, 2.05) is 13.8 Å². The first-order chi connectivity index (χ1) is 7.31. The van der Waals surface area contributed by atoms with E-state index in [4.69, 9.17) is 11.5 Å². The van der Waals surface area contributed by atoms with Crippen LogP contribution < -0.4 is 16.4 Å². The molecule has 1 aromatic heterocycles. The Morgan fingerprint density at radius 2 is 2.19 bits per heavy atom. The van der Waals surface area contributed by atoms with Crippen molar-refractivity contribution in [2.75, 3.05) is 24.3 Å². The van der Waals surface area contributed by atoms with Crippen LogP contribution in [0, 0.1) is 0 Å². The topological polar surface area (TPSA) is 105 Å². The third-order valence-electron chi connectivity index (χ3n) is 2.55. The molecular weight excluding hydrogens is 228 g/mol. The predicted octanol–water partition coefficient (Wildman–Crippen LogP) is 0.0313. The Morgan fingerprint density at radius 3 is 2.62 bits per heavy atom. The van der Waals surface area contributed by atoms with Gasteiger partial charge in [-0.25, -0.2) is 0 Å². The van der Waals surface area contributed by atoms with E-state index in [0.29, 0.717) is 5.00 Å². The minimum Gasteiger partial charge on any atom is -0.394 e.